The summed E-state index contributed by atoms with van der Waals surface area (Å²) in [5.41, 5.74) is 10.4. The van der Waals surface area contributed by atoms with Crippen LogP contribution in [0.2, 0.25) is 0 Å². The number of aromatic nitrogens is 5. The Morgan fingerprint density at radius 3 is 2.91 bits per heavy atom. The number of anilines is 4. The lowest BCUT2D eigenvalue weighted by molar-refractivity contribution is 0.102. The summed E-state index contributed by atoms with van der Waals surface area (Å²) in [4.78, 5) is 26.0. The third kappa shape index (κ3) is 3.28. The number of thiophene rings is 1. The number of aryl methyl sites for hydroxylation is 1. The first kappa shape index (κ1) is 20.1. The van der Waals surface area contributed by atoms with Gasteiger partial charge in [-0.3, -0.25) is 9.89 Å². The minimum atomic E-state index is -0.254. The van der Waals surface area contributed by atoms with Crippen LogP contribution in [0.5, 0.6) is 0 Å². The molecular weight excluding hydrogens is 448 g/mol. The number of nitrogens with one attached hydrogen (secondary N) is 3. The van der Waals surface area contributed by atoms with Crippen LogP contribution in [-0.4, -0.2) is 31.1 Å². The fourth-order valence-electron chi connectivity index (χ4n) is 3.99. The Labute approximate surface area is 197 Å². The van der Waals surface area contributed by atoms with Crippen molar-refractivity contribution in [1.82, 2.24) is 25.1 Å². The topological polar surface area (TPSA) is 134 Å². The monoisotopic (exact) mass is 466 g/mol. The molecule has 1 amide bonds. The summed E-state index contributed by atoms with van der Waals surface area (Å²) in [6, 6.07) is 11.8. The molecule has 0 saturated heterocycles. The number of carbonyl (C=O) groups excluding carboxylic acids is 1. The standard InChI is InChI=1S/C24H18N8OS/c1-12-2-5-16-15(6-7-26-23(16)30-14-4-3-13-9-29-32-18(13)8-14)19(12)31-24(33)17-10-34-21-20(17)27-11-28-22(21)25/h2-11H,1H3,(H,26,30)(H,29,32)(H,31,33)(H2,25,27,28). The maximum absolute atomic E-state index is 13.2. The normalized spacial score (nSPS) is 11.3. The van der Waals surface area contributed by atoms with Gasteiger partial charge in [0, 0.05) is 33.4 Å². The number of H-pyrrole nitrogens is 1. The van der Waals surface area contributed by atoms with E-state index in [2.05, 4.69) is 35.8 Å². The third-order valence-electron chi connectivity index (χ3n) is 5.72. The van der Waals surface area contributed by atoms with E-state index >= 15 is 0 Å². The summed E-state index contributed by atoms with van der Waals surface area (Å²) < 4.78 is 0.701. The smallest absolute Gasteiger partial charge is 0.258 e. The van der Waals surface area contributed by atoms with E-state index in [1.807, 2.05) is 43.3 Å². The molecule has 0 radical (unpaired) electrons. The molecule has 9 nitrogen and oxygen atoms in total. The SMILES string of the molecule is Cc1ccc2c(Nc3ccc4cn[nH]c4c3)nccc2c1NC(=O)c1csc2c(N)ncnc12. The van der Waals surface area contributed by atoms with Crippen molar-refractivity contribution in [2.45, 2.75) is 6.92 Å². The van der Waals surface area contributed by atoms with Gasteiger partial charge in [0.15, 0.2) is 0 Å². The van der Waals surface area contributed by atoms with E-state index in [1.54, 1.807) is 17.8 Å². The molecule has 0 saturated carbocycles. The van der Waals surface area contributed by atoms with Gasteiger partial charge in [0.05, 0.1) is 33.2 Å². The first-order valence-electron chi connectivity index (χ1n) is 10.5. The zero-order valence-corrected chi connectivity index (χ0v) is 18.8. The predicted molar refractivity (Wildman–Crippen MR) is 136 cm³/mol. The van der Waals surface area contributed by atoms with Crippen molar-refractivity contribution < 1.29 is 4.79 Å². The molecule has 0 unspecified atom stereocenters. The summed E-state index contributed by atoms with van der Waals surface area (Å²) >= 11 is 1.35. The Bertz CT molecular complexity index is 1720. The number of hydrogen-bond donors (Lipinski definition) is 4. The van der Waals surface area contributed by atoms with Crippen molar-refractivity contribution >= 4 is 72.1 Å². The fourth-order valence-corrected chi connectivity index (χ4v) is 4.89. The van der Waals surface area contributed by atoms with E-state index in [4.69, 9.17) is 5.73 Å². The van der Waals surface area contributed by atoms with Crippen LogP contribution in [0.15, 0.2) is 60.5 Å². The lowest BCUT2D eigenvalue weighted by Gasteiger charge is -2.14. The van der Waals surface area contributed by atoms with E-state index in [0.29, 0.717) is 27.4 Å². The third-order valence-corrected chi connectivity index (χ3v) is 6.71. The Kier molecular flexibility index (Phi) is 4.59. The first-order chi connectivity index (χ1) is 16.6. The summed E-state index contributed by atoms with van der Waals surface area (Å²) in [7, 11) is 0. The number of aromatic amines is 1. The number of pyridine rings is 1. The quantitative estimate of drug-likeness (QED) is 0.287. The van der Waals surface area contributed by atoms with Crippen LogP contribution in [-0.2, 0) is 0 Å². The Balaban J connectivity index is 1.38. The average Bonchev–Trinajstić information content (AvgIpc) is 3.48. The van der Waals surface area contributed by atoms with Crippen LogP contribution in [0.3, 0.4) is 0 Å². The molecule has 34 heavy (non-hydrogen) atoms. The van der Waals surface area contributed by atoms with Crippen molar-refractivity contribution in [3.8, 4) is 0 Å². The Morgan fingerprint density at radius 2 is 2.00 bits per heavy atom. The summed E-state index contributed by atoms with van der Waals surface area (Å²) in [6.07, 6.45) is 4.88. The van der Waals surface area contributed by atoms with Crippen molar-refractivity contribution in [3.63, 3.8) is 0 Å². The van der Waals surface area contributed by atoms with Crippen LogP contribution < -0.4 is 16.4 Å². The maximum Gasteiger partial charge on any atom is 0.258 e. The molecular formula is C24H18N8OS. The van der Waals surface area contributed by atoms with Gasteiger partial charge in [-0.25, -0.2) is 15.0 Å². The first-order valence-corrected chi connectivity index (χ1v) is 11.3. The molecule has 4 heterocycles. The van der Waals surface area contributed by atoms with E-state index < -0.39 is 0 Å². The van der Waals surface area contributed by atoms with Gasteiger partial charge >= 0.3 is 0 Å². The van der Waals surface area contributed by atoms with Crippen LogP contribution in [0.1, 0.15) is 15.9 Å². The summed E-state index contributed by atoms with van der Waals surface area (Å²) in [5, 5.41) is 18.1. The summed E-state index contributed by atoms with van der Waals surface area (Å²) in [5.74, 6) is 0.801. The molecule has 0 aliphatic heterocycles. The zero-order valence-electron chi connectivity index (χ0n) is 18.0. The minimum absolute atomic E-state index is 0.254. The van der Waals surface area contributed by atoms with Crippen LogP contribution in [0.25, 0.3) is 31.9 Å². The second-order valence-electron chi connectivity index (χ2n) is 7.85. The number of benzene rings is 2. The van der Waals surface area contributed by atoms with Gasteiger partial charge in [0.1, 0.15) is 18.0 Å². The molecule has 10 heteroatoms. The molecule has 0 bridgehead atoms. The Morgan fingerprint density at radius 1 is 1.09 bits per heavy atom. The van der Waals surface area contributed by atoms with Crippen LogP contribution in [0.4, 0.5) is 23.0 Å². The van der Waals surface area contributed by atoms with Gasteiger partial charge in [-0.15, -0.1) is 11.3 Å². The van der Waals surface area contributed by atoms with Crippen LogP contribution in [0, 0.1) is 6.92 Å². The highest BCUT2D eigenvalue weighted by Crippen LogP contribution is 2.34. The number of hydrogen-bond acceptors (Lipinski definition) is 8. The number of nitrogens with zero attached hydrogens (tertiary/aromatic N) is 4. The van der Waals surface area contributed by atoms with E-state index in [0.717, 1.165) is 38.6 Å². The number of amides is 1. The number of carbonyl (C=O) groups is 1. The molecule has 0 aliphatic rings. The molecule has 0 atom stereocenters. The average molecular weight is 467 g/mol. The number of fused-ring (bicyclic) bond motifs is 3. The molecule has 6 aromatic rings. The predicted octanol–water partition coefficient (Wildman–Crippen LogP) is 5.00. The molecule has 0 aliphatic carbocycles. The van der Waals surface area contributed by atoms with Crippen LogP contribution >= 0.6 is 11.3 Å². The zero-order chi connectivity index (χ0) is 23.2. The lowest BCUT2D eigenvalue weighted by atomic mass is 10.0. The highest BCUT2D eigenvalue weighted by Gasteiger charge is 2.18. The van der Waals surface area contributed by atoms with E-state index in [1.165, 1.54) is 17.7 Å². The largest absolute Gasteiger partial charge is 0.382 e. The van der Waals surface area contributed by atoms with Gasteiger partial charge in [0.2, 0.25) is 0 Å². The van der Waals surface area contributed by atoms with Crippen molar-refractivity contribution in [2.24, 2.45) is 0 Å². The number of nitrogen functional groups attached to an aromatic ring is 1. The van der Waals surface area contributed by atoms with Crippen molar-refractivity contribution in [3.05, 3.63) is 71.6 Å². The van der Waals surface area contributed by atoms with E-state index in [9.17, 15) is 4.79 Å². The van der Waals surface area contributed by atoms with Gasteiger partial charge in [-0.2, -0.15) is 5.10 Å². The second kappa shape index (κ2) is 7.78. The van der Waals surface area contributed by atoms with Crippen molar-refractivity contribution in [2.75, 3.05) is 16.4 Å². The molecule has 5 N–H and O–H groups in total. The summed E-state index contributed by atoms with van der Waals surface area (Å²) in [6.45, 7) is 1.96. The lowest BCUT2D eigenvalue weighted by Crippen LogP contribution is -2.13. The van der Waals surface area contributed by atoms with Gasteiger partial charge in [0.25, 0.3) is 5.91 Å². The van der Waals surface area contributed by atoms with Gasteiger partial charge < -0.3 is 16.4 Å². The van der Waals surface area contributed by atoms with E-state index in [-0.39, 0.29) is 5.91 Å². The fraction of sp³-hybridized carbons (Fsp3) is 0.0417. The van der Waals surface area contributed by atoms with Crippen molar-refractivity contribution in [1.29, 1.82) is 0 Å². The highest BCUT2D eigenvalue weighted by molar-refractivity contribution is 7.18. The molecule has 6 rings (SSSR count). The van der Waals surface area contributed by atoms with Gasteiger partial charge in [-0.05, 0) is 36.8 Å². The maximum atomic E-state index is 13.2. The number of rotatable bonds is 4. The second-order valence-corrected chi connectivity index (χ2v) is 8.73. The number of nitrogens with two attached hydrogens (primary N) is 1. The molecule has 2 aromatic carbocycles. The minimum Gasteiger partial charge on any atom is -0.382 e. The van der Waals surface area contributed by atoms with Gasteiger partial charge in [-0.1, -0.05) is 12.1 Å². The Hall–Kier alpha value is -4.57. The molecule has 0 spiro atoms. The molecule has 0 fully saturated rings. The highest BCUT2D eigenvalue weighted by atomic mass is 32.1. The molecule has 4 aromatic heterocycles. The molecule has 166 valence electrons.